The van der Waals surface area contributed by atoms with E-state index in [0.717, 1.165) is 11.8 Å². The molecule has 0 bridgehead atoms. The summed E-state index contributed by atoms with van der Waals surface area (Å²) in [6.07, 6.45) is 1.73. The number of aliphatic hydroxyl groups excluding tert-OH is 1. The average Bonchev–Trinajstić information content (AvgIpc) is 2.63. The predicted octanol–water partition coefficient (Wildman–Crippen LogP) is 1.69. The molecular weight excluding hydrogens is 340 g/mol. The lowest BCUT2D eigenvalue weighted by Gasteiger charge is -2.32. The van der Waals surface area contributed by atoms with E-state index in [9.17, 15) is 19.8 Å². The van der Waals surface area contributed by atoms with Gasteiger partial charge in [-0.3, -0.25) is 4.79 Å². The van der Waals surface area contributed by atoms with E-state index < -0.39 is 30.1 Å². The minimum Gasteiger partial charge on any atom is -0.508 e. The van der Waals surface area contributed by atoms with Crippen molar-refractivity contribution in [1.82, 2.24) is 0 Å². The Bertz CT molecular complexity index is 678. The topological polar surface area (TPSA) is 102 Å². The van der Waals surface area contributed by atoms with E-state index >= 15 is 0 Å². The van der Waals surface area contributed by atoms with Crippen LogP contribution < -0.4 is 0 Å². The van der Waals surface area contributed by atoms with Gasteiger partial charge in [-0.1, -0.05) is 18.2 Å². The van der Waals surface area contributed by atoms with Crippen LogP contribution in [0.5, 0.6) is 5.75 Å². The second-order valence-corrected chi connectivity index (χ2v) is 5.85. The number of aliphatic hydroxyl groups is 1. The molecule has 0 saturated carbocycles. The Kier molecular flexibility index (Phi) is 6.80. The third-order valence-corrected chi connectivity index (χ3v) is 4.20. The summed E-state index contributed by atoms with van der Waals surface area (Å²) in [6, 6.07) is 6.60. The van der Waals surface area contributed by atoms with Crippen LogP contribution in [-0.2, 0) is 30.2 Å². The molecule has 0 saturated heterocycles. The highest BCUT2D eigenvalue weighted by Crippen LogP contribution is 2.34. The maximum atomic E-state index is 12.2. The van der Waals surface area contributed by atoms with Gasteiger partial charge in [0.05, 0.1) is 32.0 Å². The van der Waals surface area contributed by atoms with Gasteiger partial charge in [-0.05, 0) is 17.7 Å². The van der Waals surface area contributed by atoms with E-state index in [-0.39, 0.29) is 24.4 Å². The standard InChI is InChI=1S/C19H22O7/c1-3-14-15(16(18(22)24-2)11-26-19(14)23)10-17(21)25-9-8-12-4-6-13(20)7-5-12/h3-7,11,14-15,19-20,23H,1,8-10H2,2H3/t14-,15-,19+/m0/s1. The van der Waals surface area contributed by atoms with Gasteiger partial charge in [0.25, 0.3) is 0 Å². The molecule has 2 rings (SSSR count). The highest BCUT2D eigenvalue weighted by atomic mass is 16.6. The molecule has 0 radical (unpaired) electrons. The minimum absolute atomic E-state index is 0.117. The molecule has 2 N–H and O–H groups in total. The molecule has 1 aromatic carbocycles. The van der Waals surface area contributed by atoms with E-state index in [2.05, 4.69) is 6.58 Å². The minimum atomic E-state index is -1.20. The fourth-order valence-electron chi connectivity index (χ4n) is 2.76. The third-order valence-electron chi connectivity index (χ3n) is 4.20. The van der Waals surface area contributed by atoms with Crippen molar-refractivity contribution < 1.29 is 34.0 Å². The Morgan fingerprint density at radius 1 is 1.31 bits per heavy atom. The molecule has 7 nitrogen and oxygen atoms in total. The number of carbonyl (C=O) groups is 2. The Hall–Kier alpha value is -2.80. The number of benzene rings is 1. The fourth-order valence-corrected chi connectivity index (χ4v) is 2.76. The number of methoxy groups -OCH3 is 1. The summed E-state index contributed by atoms with van der Waals surface area (Å²) in [7, 11) is 1.23. The number of esters is 2. The lowest BCUT2D eigenvalue weighted by atomic mass is 9.82. The Labute approximate surface area is 151 Å². The molecule has 1 aliphatic rings. The third kappa shape index (κ3) is 4.86. The van der Waals surface area contributed by atoms with E-state index in [1.54, 1.807) is 24.3 Å². The number of aromatic hydroxyl groups is 1. The smallest absolute Gasteiger partial charge is 0.337 e. The number of rotatable bonds is 7. The van der Waals surface area contributed by atoms with E-state index in [4.69, 9.17) is 14.2 Å². The number of hydrogen-bond donors (Lipinski definition) is 2. The van der Waals surface area contributed by atoms with Crippen LogP contribution in [0.3, 0.4) is 0 Å². The average molecular weight is 362 g/mol. The molecule has 0 spiro atoms. The molecule has 0 fully saturated rings. The lowest BCUT2D eigenvalue weighted by molar-refractivity contribution is -0.149. The maximum absolute atomic E-state index is 12.2. The van der Waals surface area contributed by atoms with Crippen LogP contribution in [0.4, 0.5) is 0 Å². The summed E-state index contributed by atoms with van der Waals surface area (Å²) < 4.78 is 15.0. The van der Waals surface area contributed by atoms with Gasteiger partial charge < -0.3 is 24.4 Å². The first kappa shape index (κ1) is 19.5. The van der Waals surface area contributed by atoms with Gasteiger partial charge in [0.2, 0.25) is 6.29 Å². The van der Waals surface area contributed by atoms with Gasteiger partial charge in [0.1, 0.15) is 5.75 Å². The molecule has 1 aliphatic heterocycles. The number of phenols is 1. The number of ether oxygens (including phenoxy) is 3. The van der Waals surface area contributed by atoms with Crippen LogP contribution in [0.2, 0.25) is 0 Å². The largest absolute Gasteiger partial charge is 0.508 e. The summed E-state index contributed by atoms with van der Waals surface area (Å²) in [4.78, 5) is 24.1. The zero-order valence-corrected chi connectivity index (χ0v) is 14.5. The summed E-state index contributed by atoms with van der Waals surface area (Å²) >= 11 is 0. The zero-order chi connectivity index (χ0) is 19.1. The van der Waals surface area contributed by atoms with Gasteiger partial charge in [-0.25, -0.2) is 4.79 Å². The Morgan fingerprint density at radius 2 is 2.00 bits per heavy atom. The van der Waals surface area contributed by atoms with Crippen LogP contribution in [0.1, 0.15) is 12.0 Å². The Balaban J connectivity index is 1.96. The molecule has 3 atom stereocenters. The van der Waals surface area contributed by atoms with Crippen molar-refractivity contribution in [1.29, 1.82) is 0 Å². The molecule has 0 amide bonds. The van der Waals surface area contributed by atoms with Gasteiger partial charge in [-0.2, -0.15) is 0 Å². The van der Waals surface area contributed by atoms with Crippen molar-refractivity contribution in [3.05, 3.63) is 54.3 Å². The molecule has 26 heavy (non-hydrogen) atoms. The highest BCUT2D eigenvalue weighted by Gasteiger charge is 2.38. The summed E-state index contributed by atoms with van der Waals surface area (Å²) in [5.41, 5.74) is 1.06. The first-order valence-electron chi connectivity index (χ1n) is 8.14. The highest BCUT2D eigenvalue weighted by molar-refractivity contribution is 5.90. The summed E-state index contributed by atoms with van der Waals surface area (Å²) in [5, 5.41) is 19.2. The molecular formula is C19H22O7. The fraction of sp³-hybridized carbons (Fsp3) is 0.368. The summed E-state index contributed by atoms with van der Waals surface area (Å²) in [6.45, 7) is 3.79. The van der Waals surface area contributed by atoms with Crippen LogP contribution >= 0.6 is 0 Å². The molecule has 0 aromatic heterocycles. The molecule has 1 heterocycles. The van der Waals surface area contributed by atoms with Crippen molar-refractivity contribution in [3.63, 3.8) is 0 Å². The molecule has 7 heteroatoms. The van der Waals surface area contributed by atoms with Crippen molar-refractivity contribution in [2.45, 2.75) is 19.1 Å². The van der Waals surface area contributed by atoms with E-state index in [0.29, 0.717) is 6.42 Å². The lowest BCUT2D eigenvalue weighted by Crippen LogP contribution is -2.36. The molecule has 0 unspecified atom stereocenters. The van der Waals surface area contributed by atoms with Crippen molar-refractivity contribution in [2.24, 2.45) is 11.8 Å². The molecule has 0 aliphatic carbocycles. The maximum Gasteiger partial charge on any atom is 0.337 e. The van der Waals surface area contributed by atoms with Crippen LogP contribution in [0.25, 0.3) is 0 Å². The van der Waals surface area contributed by atoms with Gasteiger partial charge in [0, 0.05) is 18.3 Å². The predicted molar refractivity (Wildman–Crippen MR) is 91.8 cm³/mol. The summed E-state index contributed by atoms with van der Waals surface area (Å²) in [5.74, 6) is -2.26. The second-order valence-electron chi connectivity index (χ2n) is 5.85. The van der Waals surface area contributed by atoms with Crippen LogP contribution in [-0.4, -0.2) is 42.2 Å². The van der Waals surface area contributed by atoms with Gasteiger partial charge in [0.15, 0.2) is 0 Å². The van der Waals surface area contributed by atoms with Crippen molar-refractivity contribution in [2.75, 3.05) is 13.7 Å². The zero-order valence-electron chi connectivity index (χ0n) is 14.5. The van der Waals surface area contributed by atoms with Gasteiger partial charge in [-0.15, -0.1) is 6.58 Å². The SMILES string of the molecule is C=C[C@@H]1[C@H](O)OC=C(C(=O)OC)[C@H]1CC(=O)OCCc1ccc(O)cc1. The monoisotopic (exact) mass is 362 g/mol. The number of carbonyl (C=O) groups excluding carboxylic acids is 2. The number of phenolic OH excluding ortho intramolecular Hbond substituents is 1. The second kappa shape index (κ2) is 9.05. The van der Waals surface area contributed by atoms with Crippen molar-refractivity contribution in [3.8, 4) is 5.75 Å². The van der Waals surface area contributed by atoms with Crippen LogP contribution in [0.15, 0.2) is 48.8 Å². The first-order chi connectivity index (χ1) is 12.5. The normalized spacial score (nSPS) is 21.9. The van der Waals surface area contributed by atoms with E-state index in [1.165, 1.54) is 13.2 Å². The molecule has 1 aromatic rings. The van der Waals surface area contributed by atoms with Crippen LogP contribution in [0, 0.1) is 11.8 Å². The number of hydrogen-bond acceptors (Lipinski definition) is 7. The first-order valence-corrected chi connectivity index (χ1v) is 8.14. The molecule has 140 valence electrons. The van der Waals surface area contributed by atoms with Crippen molar-refractivity contribution >= 4 is 11.9 Å². The Morgan fingerprint density at radius 3 is 2.62 bits per heavy atom. The van der Waals surface area contributed by atoms with Gasteiger partial charge >= 0.3 is 11.9 Å². The van der Waals surface area contributed by atoms with E-state index in [1.807, 2.05) is 0 Å². The quantitative estimate of drug-likeness (QED) is 0.562.